The molecule has 0 atom stereocenters. The van der Waals surface area contributed by atoms with E-state index in [9.17, 15) is 4.79 Å². The van der Waals surface area contributed by atoms with E-state index in [1.54, 1.807) is 0 Å². The minimum Gasteiger partial charge on any atom is -0.455 e. The van der Waals surface area contributed by atoms with E-state index in [0.717, 1.165) is 42.8 Å². The lowest BCUT2D eigenvalue weighted by Crippen LogP contribution is -2.42. The average molecular weight is 467 g/mol. The van der Waals surface area contributed by atoms with Gasteiger partial charge in [-0.3, -0.25) is 0 Å². The minimum absolute atomic E-state index is 0.140. The number of aryl methyl sites for hydroxylation is 1. The number of hydrogen-bond acceptors (Lipinski definition) is 4. The number of nitrogens with zero attached hydrogens (tertiary/aromatic N) is 1. The van der Waals surface area contributed by atoms with Crippen LogP contribution in [-0.4, -0.2) is 23.1 Å². The van der Waals surface area contributed by atoms with Crippen LogP contribution in [0.4, 0.5) is 16.3 Å². The summed E-state index contributed by atoms with van der Waals surface area (Å²) in [5.41, 5.74) is 2.88. The van der Waals surface area contributed by atoms with Crippen LogP contribution < -0.4 is 20.7 Å². The molecule has 0 saturated heterocycles. The van der Waals surface area contributed by atoms with Crippen molar-refractivity contribution in [3.63, 3.8) is 0 Å². The van der Waals surface area contributed by atoms with Crippen LogP contribution in [0.3, 0.4) is 0 Å². The van der Waals surface area contributed by atoms with E-state index < -0.39 is 0 Å². The number of aromatic nitrogens is 1. The molecule has 0 spiro atoms. The highest BCUT2D eigenvalue weighted by Gasteiger charge is 2.23. The first-order valence-corrected chi connectivity index (χ1v) is 12.2. The Balaban J connectivity index is 1.13. The van der Waals surface area contributed by atoms with Gasteiger partial charge in [0.2, 0.25) is 0 Å². The quantitative estimate of drug-likeness (QED) is 0.289. The molecule has 1 heterocycles. The van der Waals surface area contributed by atoms with Crippen LogP contribution in [-0.2, 0) is 0 Å². The third kappa shape index (κ3) is 5.72. The Hall–Kier alpha value is -4.06. The summed E-state index contributed by atoms with van der Waals surface area (Å²) in [5.74, 6) is 2.26. The first-order valence-electron chi connectivity index (χ1n) is 12.2. The van der Waals surface area contributed by atoms with E-state index in [-0.39, 0.29) is 12.1 Å². The van der Waals surface area contributed by atoms with Crippen LogP contribution in [0, 0.1) is 6.92 Å². The Morgan fingerprint density at radius 1 is 0.857 bits per heavy atom. The molecule has 3 N–H and O–H groups in total. The van der Waals surface area contributed by atoms with Gasteiger partial charge in [0.1, 0.15) is 11.6 Å². The number of para-hydroxylation sites is 4. The second-order valence-corrected chi connectivity index (χ2v) is 9.04. The number of urea groups is 1. The smallest absolute Gasteiger partial charge is 0.319 e. The number of anilines is 2. The van der Waals surface area contributed by atoms with Crippen molar-refractivity contribution in [1.29, 1.82) is 0 Å². The zero-order valence-corrected chi connectivity index (χ0v) is 19.8. The van der Waals surface area contributed by atoms with Gasteiger partial charge in [-0.15, -0.1) is 0 Å². The average Bonchev–Trinajstić information content (AvgIpc) is 2.87. The minimum atomic E-state index is -0.211. The molecule has 1 saturated carbocycles. The summed E-state index contributed by atoms with van der Waals surface area (Å²) >= 11 is 0. The van der Waals surface area contributed by atoms with E-state index in [4.69, 9.17) is 9.72 Å². The van der Waals surface area contributed by atoms with Gasteiger partial charge in [0.15, 0.2) is 5.75 Å². The maximum Gasteiger partial charge on any atom is 0.319 e. The number of carbonyl (C=O) groups excluding carboxylic acids is 1. The second kappa shape index (κ2) is 10.5. The maximum absolute atomic E-state index is 12.7. The van der Waals surface area contributed by atoms with Crippen molar-refractivity contribution in [3.05, 3.63) is 90.5 Å². The normalized spacial score (nSPS) is 17.5. The second-order valence-electron chi connectivity index (χ2n) is 9.04. The van der Waals surface area contributed by atoms with Crippen molar-refractivity contribution in [2.45, 2.75) is 44.7 Å². The molecule has 0 radical (unpaired) electrons. The molecule has 6 heteroatoms. The molecule has 1 aromatic heterocycles. The van der Waals surface area contributed by atoms with Gasteiger partial charge in [-0.25, -0.2) is 9.78 Å². The van der Waals surface area contributed by atoms with Crippen molar-refractivity contribution in [1.82, 2.24) is 10.3 Å². The van der Waals surface area contributed by atoms with Crippen LogP contribution in [0.15, 0.2) is 84.9 Å². The molecule has 0 aliphatic heterocycles. The molecule has 5 rings (SSSR count). The van der Waals surface area contributed by atoms with Crippen LogP contribution in [0.2, 0.25) is 0 Å². The van der Waals surface area contributed by atoms with Crippen molar-refractivity contribution in [2.24, 2.45) is 0 Å². The molecule has 1 aliphatic carbocycles. The molecule has 0 bridgehead atoms. The lowest BCUT2D eigenvalue weighted by molar-refractivity contribution is 0.243. The molecule has 1 aliphatic rings. The number of amides is 2. The zero-order chi connectivity index (χ0) is 24.0. The van der Waals surface area contributed by atoms with Crippen LogP contribution in [0.1, 0.15) is 31.2 Å². The number of pyridine rings is 1. The highest BCUT2D eigenvalue weighted by atomic mass is 16.5. The fraction of sp³-hybridized carbons (Fsp3) is 0.241. The number of benzene rings is 3. The number of ether oxygens (including phenoxy) is 1. The van der Waals surface area contributed by atoms with E-state index in [0.29, 0.717) is 17.5 Å². The van der Waals surface area contributed by atoms with Crippen LogP contribution >= 0.6 is 0 Å². The van der Waals surface area contributed by atoms with Crippen molar-refractivity contribution in [2.75, 3.05) is 10.6 Å². The Morgan fingerprint density at radius 3 is 2.37 bits per heavy atom. The first kappa shape index (κ1) is 22.7. The lowest BCUT2D eigenvalue weighted by atomic mass is 9.91. The SMILES string of the molecule is Cc1cc(NC2CCC(NC(=O)Nc3ccccc3Oc3ccccc3)CC2)nc2ccccc12. The van der Waals surface area contributed by atoms with Gasteiger partial charge >= 0.3 is 6.03 Å². The van der Waals surface area contributed by atoms with Gasteiger partial charge in [-0.1, -0.05) is 48.5 Å². The van der Waals surface area contributed by atoms with Crippen molar-refractivity contribution < 1.29 is 9.53 Å². The van der Waals surface area contributed by atoms with Gasteiger partial charge in [-0.2, -0.15) is 0 Å². The summed E-state index contributed by atoms with van der Waals surface area (Å²) < 4.78 is 5.95. The monoisotopic (exact) mass is 466 g/mol. The van der Waals surface area contributed by atoms with Crippen LogP contribution in [0.25, 0.3) is 10.9 Å². The number of carbonyl (C=O) groups is 1. The van der Waals surface area contributed by atoms with Gasteiger partial charge in [0.25, 0.3) is 0 Å². The largest absolute Gasteiger partial charge is 0.455 e. The summed E-state index contributed by atoms with van der Waals surface area (Å²) in [7, 11) is 0. The van der Waals surface area contributed by atoms with Gasteiger partial charge in [0, 0.05) is 17.5 Å². The third-order valence-electron chi connectivity index (χ3n) is 6.44. The molecular formula is C29H30N4O2. The highest BCUT2D eigenvalue weighted by molar-refractivity contribution is 5.91. The fourth-order valence-corrected chi connectivity index (χ4v) is 4.63. The molecule has 3 aromatic carbocycles. The fourth-order valence-electron chi connectivity index (χ4n) is 4.63. The third-order valence-corrected chi connectivity index (χ3v) is 6.44. The summed E-state index contributed by atoms with van der Waals surface area (Å²) in [6, 6.07) is 27.6. The van der Waals surface area contributed by atoms with Crippen molar-refractivity contribution in [3.8, 4) is 11.5 Å². The van der Waals surface area contributed by atoms with Crippen molar-refractivity contribution >= 4 is 28.4 Å². The van der Waals surface area contributed by atoms with E-state index in [1.807, 2.05) is 66.7 Å². The molecule has 178 valence electrons. The molecule has 6 nitrogen and oxygen atoms in total. The van der Waals surface area contributed by atoms with Gasteiger partial charge in [0.05, 0.1) is 11.2 Å². The Labute approximate surface area is 205 Å². The number of nitrogens with one attached hydrogen (secondary N) is 3. The topological polar surface area (TPSA) is 75.3 Å². The predicted octanol–water partition coefficient (Wildman–Crippen LogP) is 6.88. The Morgan fingerprint density at radius 2 is 1.54 bits per heavy atom. The predicted molar refractivity (Wildman–Crippen MR) is 141 cm³/mol. The summed E-state index contributed by atoms with van der Waals surface area (Å²) in [6.45, 7) is 2.12. The lowest BCUT2D eigenvalue weighted by Gasteiger charge is -2.30. The zero-order valence-electron chi connectivity index (χ0n) is 19.8. The first-order chi connectivity index (χ1) is 17.1. The molecule has 2 amide bonds. The van der Waals surface area contributed by atoms with Gasteiger partial charge < -0.3 is 20.7 Å². The molecule has 4 aromatic rings. The standard InChI is InChI=1S/C29H30N4O2/c1-20-19-28(32-25-12-6-5-11-24(20)25)30-21-15-17-22(18-16-21)31-29(34)33-26-13-7-8-14-27(26)35-23-9-3-2-4-10-23/h2-14,19,21-22H,15-18H2,1H3,(H,30,32)(H2,31,33,34). The molecule has 1 fully saturated rings. The number of rotatable bonds is 6. The molecule has 0 unspecified atom stereocenters. The maximum atomic E-state index is 12.7. The summed E-state index contributed by atoms with van der Waals surface area (Å²) in [4.78, 5) is 17.5. The van der Waals surface area contributed by atoms with E-state index in [2.05, 4.69) is 41.1 Å². The van der Waals surface area contributed by atoms with Gasteiger partial charge in [-0.05, 0) is 74.6 Å². The molecule has 35 heavy (non-hydrogen) atoms. The summed E-state index contributed by atoms with van der Waals surface area (Å²) in [5, 5.41) is 10.9. The summed E-state index contributed by atoms with van der Waals surface area (Å²) in [6.07, 6.45) is 3.79. The van der Waals surface area contributed by atoms with E-state index >= 15 is 0 Å². The highest BCUT2D eigenvalue weighted by Crippen LogP contribution is 2.29. The number of fused-ring (bicyclic) bond motifs is 1. The number of hydrogen-bond donors (Lipinski definition) is 3. The van der Waals surface area contributed by atoms with E-state index in [1.165, 1.54) is 10.9 Å². The molecular weight excluding hydrogens is 436 g/mol. The van der Waals surface area contributed by atoms with Crippen LogP contribution in [0.5, 0.6) is 11.5 Å². The Kier molecular flexibility index (Phi) is 6.80. The Bertz CT molecular complexity index is 1300.